The SMILES string of the molecule is CN=C(NCc1nccn1C(F)F)NCC(C)c1ccsc1.I. The molecular formula is C14H20F2IN5S. The van der Waals surface area contributed by atoms with Crippen LogP contribution in [0.3, 0.4) is 0 Å². The monoisotopic (exact) mass is 455 g/mol. The van der Waals surface area contributed by atoms with Crippen molar-refractivity contribution in [1.29, 1.82) is 0 Å². The van der Waals surface area contributed by atoms with Crippen LogP contribution in [0.25, 0.3) is 0 Å². The van der Waals surface area contributed by atoms with Crippen LogP contribution in [0.1, 0.15) is 30.8 Å². The average molecular weight is 455 g/mol. The lowest BCUT2D eigenvalue weighted by molar-refractivity contribution is 0.0668. The van der Waals surface area contributed by atoms with Crippen LogP contribution in [-0.2, 0) is 6.54 Å². The summed E-state index contributed by atoms with van der Waals surface area (Å²) in [6, 6.07) is 2.09. The van der Waals surface area contributed by atoms with E-state index < -0.39 is 6.55 Å². The summed E-state index contributed by atoms with van der Waals surface area (Å²) >= 11 is 1.67. The molecule has 0 saturated carbocycles. The summed E-state index contributed by atoms with van der Waals surface area (Å²) < 4.78 is 26.3. The summed E-state index contributed by atoms with van der Waals surface area (Å²) in [5.74, 6) is 1.17. The summed E-state index contributed by atoms with van der Waals surface area (Å²) in [5.41, 5.74) is 1.26. The van der Waals surface area contributed by atoms with Crippen LogP contribution >= 0.6 is 35.3 Å². The number of rotatable bonds is 6. The molecule has 0 aromatic carbocycles. The maximum Gasteiger partial charge on any atom is 0.319 e. The Hall–Kier alpha value is -1.23. The van der Waals surface area contributed by atoms with E-state index in [9.17, 15) is 8.78 Å². The second-order valence-corrected chi connectivity index (χ2v) is 5.57. The lowest BCUT2D eigenvalue weighted by Crippen LogP contribution is -2.39. The van der Waals surface area contributed by atoms with E-state index in [0.717, 1.165) is 4.57 Å². The average Bonchev–Trinajstić information content (AvgIpc) is 3.18. The van der Waals surface area contributed by atoms with Gasteiger partial charge in [-0.25, -0.2) is 4.98 Å². The predicted molar refractivity (Wildman–Crippen MR) is 99.8 cm³/mol. The lowest BCUT2D eigenvalue weighted by Gasteiger charge is -2.15. The highest BCUT2D eigenvalue weighted by atomic mass is 127. The number of halogens is 3. The van der Waals surface area contributed by atoms with Crippen molar-refractivity contribution in [2.75, 3.05) is 13.6 Å². The van der Waals surface area contributed by atoms with E-state index in [1.807, 2.05) is 5.38 Å². The van der Waals surface area contributed by atoms with Gasteiger partial charge in [-0.15, -0.1) is 24.0 Å². The zero-order chi connectivity index (χ0) is 15.9. The van der Waals surface area contributed by atoms with E-state index in [1.165, 1.54) is 18.0 Å². The van der Waals surface area contributed by atoms with Gasteiger partial charge in [0, 0.05) is 26.0 Å². The zero-order valence-corrected chi connectivity index (χ0v) is 16.0. The number of hydrogen-bond donors (Lipinski definition) is 2. The molecule has 2 rings (SSSR count). The number of hydrogen-bond acceptors (Lipinski definition) is 3. The minimum absolute atomic E-state index is 0. The molecule has 0 fully saturated rings. The van der Waals surface area contributed by atoms with E-state index in [2.05, 4.69) is 39.0 Å². The largest absolute Gasteiger partial charge is 0.356 e. The number of nitrogens with one attached hydrogen (secondary N) is 2. The minimum Gasteiger partial charge on any atom is -0.356 e. The highest BCUT2D eigenvalue weighted by Crippen LogP contribution is 2.17. The van der Waals surface area contributed by atoms with Crippen LogP contribution in [-0.4, -0.2) is 29.1 Å². The molecule has 0 saturated heterocycles. The normalized spacial score (nSPS) is 12.8. The van der Waals surface area contributed by atoms with E-state index >= 15 is 0 Å². The van der Waals surface area contributed by atoms with Gasteiger partial charge in [0.05, 0.1) is 6.54 Å². The van der Waals surface area contributed by atoms with Crippen molar-refractivity contribution in [1.82, 2.24) is 20.2 Å². The molecule has 0 aliphatic carbocycles. The fraction of sp³-hybridized carbons (Fsp3) is 0.429. The lowest BCUT2D eigenvalue weighted by atomic mass is 10.1. The van der Waals surface area contributed by atoms with Crippen molar-refractivity contribution < 1.29 is 8.78 Å². The fourth-order valence-corrected chi connectivity index (χ4v) is 2.75. The first-order chi connectivity index (χ1) is 10.6. The molecule has 0 aliphatic rings. The second kappa shape index (κ2) is 9.81. The van der Waals surface area contributed by atoms with Crippen molar-refractivity contribution in [3.05, 3.63) is 40.6 Å². The van der Waals surface area contributed by atoms with Gasteiger partial charge in [0.15, 0.2) is 5.96 Å². The number of alkyl halides is 2. The molecule has 1 unspecified atom stereocenters. The van der Waals surface area contributed by atoms with Gasteiger partial charge in [0.2, 0.25) is 0 Å². The Balaban J connectivity index is 0.00000264. The van der Waals surface area contributed by atoms with Crippen LogP contribution in [0.15, 0.2) is 34.2 Å². The van der Waals surface area contributed by atoms with Gasteiger partial charge in [-0.2, -0.15) is 20.1 Å². The Morgan fingerprint density at radius 2 is 2.22 bits per heavy atom. The van der Waals surface area contributed by atoms with Crippen molar-refractivity contribution in [3.63, 3.8) is 0 Å². The fourth-order valence-electron chi connectivity index (χ4n) is 1.96. The third-order valence-corrected chi connectivity index (χ3v) is 3.99. The Kier molecular flexibility index (Phi) is 8.45. The number of nitrogens with zero attached hydrogens (tertiary/aromatic N) is 3. The number of guanidine groups is 1. The molecule has 2 heterocycles. The third kappa shape index (κ3) is 5.72. The van der Waals surface area contributed by atoms with Gasteiger partial charge in [-0.1, -0.05) is 6.92 Å². The van der Waals surface area contributed by atoms with Crippen LogP contribution in [0.5, 0.6) is 0 Å². The van der Waals surface area contributed by atoms with E-state index in [-0.39, 0.29) is 36.3 Å². The number of aromatic nitrogens is 2. The first-order valence-electron chi connectivity index (χ1n) is 6.88. The summed E-state index contributed by atoms with van der Waals surface area (Å²) in [5, 5.41) is 10.3. The van der Waals surface area contributed by atoms with Crippen molar-refractivity contribution in [2.45, 2.75) is 25.9 Å². The Morgan fingerprint density at radius 1 is 1.43 bits per heavy atom. The molecule has 0 bridgehead atoms. The maximum absolute atomic E-state index is 12.7. The molecule has 128 valence electrons. The van der Waals surface area contributed by atoms with Gasteiger partial charge in [0.25, 0.3) is 0 Å². The van der Waals surface area contributed by atoms with Gasteiger partial charge in [-0.3, -0.25) is 9.56 Å². The minimum atomic E-state index is -2.59. The quantitative estimate of drug-likeness (QED) is 0.399. The zero-order valence-electron chi connectivity index (χ0n) is 12.9. The molecule has 2 aromatic rings. The van der Waals surface area contributed by atoms with Crippen LogP contribution in [0, 0.1) is 0 Å². The number of aliphatic imine (C=N–C) groups is 1. The van der Waals surface area contributed by atoms with E-state index in [4.69, 9.17) is 0 Å². The first kappa shape index (κ1) is 19.8. The Bertz CT molecular complexity index is 600. The Morgan fingerprint density at radius 3 is 2.83 bits per heavy atom. The summed E-state index contributed by atoms with van der Waals surface area (Å²) in [4.78, 5) is 8.01. The maximum atomic E-state index is 12.7. The molecular weight excluding hydrogens is 435 g/mol. The molecule has 1 atom stereocenters. The standard InChI is InChI=1S/C14H19F2N5S.HI/c1-10(11-3-6-22-9-11)7-19-14(17-2)20-8-12-18-4-5-21(12)13(15)16;/h3-6,9-10,13H,7-8H2,1-2H3,(H2,17,19,20);1H. The highest BCUT2D eigenvalue weighted by molar-refractivity contribution is 14.0. The van der Waals surface area contributed by atoms with Crippen LogP contribution in [0.4, 0.5) is 8.78 Å². The molecule has 0 radical (unpaired) electrons. The van der Waals surface area contributed by atoms with Gasteiger partial charge in [-0.05, 0) is 28.3 Å². The third-order valence-electron chi connectivity index (χ3n) is 3.28. The summed E-state index contributed by atoms with van der Waals surface area (Å²) in [6.07, 6.45) is 2.62. The van der Waals surface area contributed by atoms with Crippen LogP contribution in [0.2, 0.25) is 0 Å². The highest BCUT2D eigenvalue weighted by Gasteiger charge is 2.12. The molecule has 0 amide bonds. The van der Waals surface area contributed by atoms with Crippen LogP contribution < -0.4 is 10.6 Å². The molecule has 0 aliphatic heterocycles. The van der Waals surface area contributed by atoms with Crippen molar-refractivity contribution in [3.8, 4) is 0 Å². The molecule has 23 heavy (non-hydrogen) atoms. The van der Waals surface area contributed by atoms with Gasteiger partial charge >= 0.3 is 6.55 Å². The van der Waals surface area contributed by atoms with E-state index in [1.54, 1.807) is 18.4 Å². The molecule has 0 spiro atoms. The number of thiophene rings is 1. The second-order valence-electron chi connectivity index (χ2n) is 4.79. The predicted octanol–water partition coefficient (Wildman–Crippen LogP) is 3.43. The van der Waals surface area contributed by atoms with Crippen molar-refractivity contribution in [2.24, 2.45) is 4.99 Å². The first-order valence-corrected chi connectivity index (χ1v) is 7.82. The molecule has 9 heteroatoms. The molecule has 2 aromatic heterocycles. The summed E-state index contributed by atoms with van der Waals surface area (Å²) in [7, 11) is 1.64. The topological polar surface area (TPSA) is 54.2 Å². The molecule has 2 N–H and O–H groups in total. The van der Waals surface area contributed by atoms with Gasteiger partial charge in [0.1, 0.15) is 5.82 Å². The number of imidazole rings is 1. The smallest absolute Gasteiger partial charge is 0.319 e. The summed E-state index contributed by atoms with van der Waals surface area (Å²) in [6.45, 7) is 0.419. The van der Waals surface area contributed by atoms with Gasteiger partial charge < -0.3 is 10.6 Å². The Labute approximate surface area is 155 Å². The molecule has 5 nitrogen and oxygen atoms in total. The van der Waals surface area contributed by atoms with E-state index in [0.29, 0.717) is 18.4 Å². The van der Waals surface area contributed by atoms with Crippen molar-refractivity contribution >= 4 is 41.3 Å².